The van der Waals surface area contributed by atoms with Gasteiger partial charge in [-0.05, 0) is 68.5 Å². The lowest BCUT2D eigenvalue weighted by Crippen LogP contribution is -2.34. The lowest BCUT2D eigenvalue weighted by Gasteiger charge is -2.30. The Morgan fingerprint density at radius 3 is 2.15 bits per heavy atom. The van der Waals surface area contributed by atoms with E-state index in [1.54, 1.807) is 6.92 Å². The van der Waals surface area contributed by atoms with E-state index in [-0.39, 0.29) is 5.78 Å². The quantitative estimate of drug-likeness (QED) is 0.516. The molecular formula is C23H29NO2. The number of Topliss-reactive ketones (excluding diaryl/α,β-unsaturated/α-hetero) is 1. The summed E-state index contributed by atoms with van der Waals surface area (Å²) in [5.41, 5.74) is 2.99. The maximum atomic E-state index is 11.4. The normalized spacial score (nSPS) is 15.8. The highest BCUT2D eigenvalue weighted by molar-refractivity contribution is 5.94. The number of benzene rings is 2. The van der Waals surface area contributed by atoms with Crippen LogP contribution in [0.3, 0.4) is 0 Å². The number of hydrogen-bond acceptors (Lipinski definition) is 3. The van der Waals surface area contributed by atoms with Crippen molar-refractivity contribution in [2.75, 3.05) is 26.2 Å². The van der Waals surface area contributed by atoms with Crippen LogP contribution in [0.2, 0.25) is 0 Å². The first-order chi connectivity index (χ1) is 12.6. The fraction of sp³-hybridized carbons (Fsp3) is 0.435. The van der Waals surface area contributed by atoms with Crippen molar-refractivity contribution in [3.8, 4) is 16.9 Å². The molecule has 0 amide bonds. The van der Waals surface area contributed by atoms with Gasteiger partial charge in [-0.2, -0.15) is 0 Å². The Labute approximate surface area is 157 Å². The minimum atomic E-state index is 0.0966. The molecule has 0 atom stereocenters. The summed E-state index contributed by atoms with van der Waals surface area (Å²) < 4.78 is 5.89. The standard InChI is InChI=1S/C23H29NO2/c1-18-12-15-24(16-13-18)14-3-17-26-23-10-8-22(9-11-23)21-6-4-20(5-7-21)19(2)25/h4-11,18H,3,12-17H2,1-2H3. The van der Waals surface area contributed by atoms with Gasteiger partial charge >= 0.3 is 0 Å². The molecule has 138 valence electrons. The number of carbonyl (C=O) groups excluding carboxylic acids is 1. The second-order valence-corrected chi connectivity index (χ2v) is 7.38. The van der Waals surface area contributed by atoms with Gasteiger partial charge in [-0.25, -0.2) is 0 Å². The Balaban J connectivity index is 1.45. The van der Waals surface area contributed by atoms with Gasteiger partial charge in [0.1, 0.15) is 5.75 Å². The molecule has 0 unspecified atom stereocenters. The molecule has 3 nitrogen and oxygen atoms in total. The lowest BCUT2D eigenvalue weighted by molar-refractivity contribution is 0.101. The molecule has 0 radical (unpaired) electrons. The van der Waals surface area contributed by atoms with Crippen molar-refractivity contribution in [2.45, 2.75) is 33.1 Å². The molecule has 1 aliphatic heterocycles. The second-order valence-electron chi connectivity index (χ2n) is 7.38. The van der Waals surface area contributed by atoms with Crippen molar-refractivity contribution in [3.05, 3.63) is 54.1 Å². The van der Waals surface area contributed by atoms with Gasteiger partial charge in [0.05, 0.1) is 6.61 Å². The van der Waals surface area contributed by atoms with E-state index in [4.69, 9.17) is 4.74 Å². The molecule has 3 rings (SSSR count). The Morgan fingerprint density at radius 2 is 1.58 bits per heavy atom. The Bertz CT molecular complexity index is 698. The molecule has 26 heavy (non-hydrogen) atoms. The van der Waals surface area contributed by atoms with Crippen LogP contribution in [0.1, 0.15) is 43.5 Å². The number of likely N-dealkylation sites (tertiary alicyclic amines) is 1. The summed E-state index contributed by atoms with van der Waals surface area (Å²) >= 11 is 0. The predicted octanol–water partition coefficient (Wildman–Crippen LogP) is 5.06. The third-order valence-corrected chi connectivity index (χ3v) is 5.24. The van der Waals surface area contributed by atoms with Crippen LogP contribution in [-0.2, 0) is 0 Å². The van der Waals surface area contributed by atoms with Gasteiger partial charge < -0.3 is 9.64 Å². The van der Waals surface area contributed by atoms with E-state index in [0.717, 1.165) is 47.9 Å². The average molecular weight is 351 g/mol. The SMILES string of the molecule is CC(=O)c1ccc(-c2ccc(OCCCN3CCC(C)CC3)cc2)cc1. The highest BCUT2D eigenvalue weighted by atomic mass is 16.5. The molecule has 1 fully saturated rings. The summed E-state index contributed by atoms with van der Waals surface area (Å²) in [5, 5.41) is 0. The molecule has 0 bridgehead atoms. The molecule has 3 heteroatoms. The summed E-state index contributed by atoms with van der Waals surface area (Å²) in [7, 11) is 0. The van der Waals surface area contributed by atoms with Crippen LogP contribution in [0.25, 0.3) is 11.1 Å². The van der Waals surface area contributed by atoms with Crippen molar-refractivity contribution in [1.29, 1.82) is 0 Å². The van der Waals surface area contributed by atoms with E-state index < -0.39 is 0 Å². The van der Waals surface area contributed by atoms with Crippen LogP contribution in [0, 0.1) is 5.92 Å². The molecule has 0 aliphatic carbocycles. The Hall–Kier alpha value is -2.13. The van der Waals surface area contributed by atoms with Gasteiger partial charge in [0.2, 0.25) is 0 Å². The smallest absolute Gasteiger partial charge is 0.159 e. The Morgan fingerprint density at radius 1 is 1.00 bits per heavy atom. The van der Waals surface area contributed by atoms with Crippen molar-refractivity contribution in [2.24, 2.45) is 5.92 Å². The maximum Gasteiger partial charge on any atom is 0.159 e. The number of ether oxygens (including phenoxy) is 1. The van der Waals surface area contributed by atoms with E-state index in [9.17, 15) is 4.79 Å². The lowest BCUT2D eigenvalue weighted by atomic mass is 9.99. The number of carbonyl (C=O) groups is 1. The molecule has 2 aromatic carbocycles. The number of piperidine rings is 1. The van der Waals surface area contributed by atoms with Gasteiger partial charge in [-0.3, -0.25) is 4.79 Å². The van der Waals surface area contributed by atoms with Crippen molar-refractivity contribution in [1.82, 2.24) is 4.90 Å². The fourth-order valence-electron chi connectivity index (χ4n) is 3.40. The van der Waals surface area contributed by atoms with Gasteiger partial charge in [-0.1, -0.05) is 43.3 Å². The molecular weight excluding hydrogens is 322 g/mol. The van der Waals surface area contributed by atoms with Crippen molar-refractivity contribution >= 4 is 5.78 Å². The predicted molar refractivity (Wildman–Crippen MR) is 107 cm³/mol. The van der Waals surface area contributed by atoms with Gasteiger partial charge in [0.15, 0.2) is 5.78 Å². The molecule has 2 aromatic rings. The summed E-state index contributed by atoms with van der Waals surface area (Å²) in [6, 6.07) is 15.9. The van der Waals surface area contributed by atoms with Crippen LogP contribution in [0.15, 0.2) is 48.5 Å². The zero-order chi connectivity index (χ0) is 18.4. The number of hydrogen-bond donors (Lipinski definition) is 0. The summed E-state index contributed by atoms with van der Waals surface area (Å²) in [4.78, 5) is 13.9. The minimum absolute atomic E-state index is 0.0966. The zero-order valence-electron chi connectivity index (χ0n) is 15.9. The number of ketones is 1. The fourth-order valence-corrected chi connectivity index (χ4v) is 3.40. The molecule has 1 heterocycles. The van der Waals surface area contributed by atoms with E-state index in [1.165, 1.54) is 25.9 Å². The van der Waals surface area contributed by atoms with Crippen LogP contribution < -0.4 is 4.74 Å². The monoisotopic (exact) mass is 351 g/mol. The van der Waals surface area contributed by atoms with Crippen LogP contribution in [-0.4, -0.2) is 36.9 Å². The van der Waals surface area contributed by atoms with Crippen LogP contribution >= 0.6 is 0 Å². The van der Waals surface area contributed by atoms with Crippen molar-refractivity contribution in [3.63, 3.8) is 0 Å². The third-order valence-electron chi connectivity index (χ3n) is 5.24. The third kappa shape index (κ3) is 5.18. The zero-order valence-corrected chi connectivity index (χ0v) is 15.9. The summed E-state index contributed by atoms with van der Waals surface area (Å²) in [6.45, 7) is 8.30. The molecule has 0 saturated carbocycles. The van der Waals surface area contributed by atoms with Crippen LogP contribution in [0.5, 0.6) is 5.75 Å². The summed E-state index contributed by atoms with van der Waals surface area (Å²) in [5.74, 6) is 1.90. The van der Waals surface area contributed by atoms with E-state index in [2.05, 4.69) is 24.0 Å². The van der Waals surface area contributed by atoms with E-state index >= 15 is 0 Å². The molecule has 1 aliphatic rings. The molecule has 1 saturated heterocycles. The highest BCUT2D eigenvalue weighted by Gasteiger charge is 2.14. The first-order valence-electron chi connectivity index (χ1n) is 9.68. The van der Waals surface area contributed by atoms with Crippen LogP contribution in [0.4, 0.5) is 0 Å². The first-order valence-corrected chi connectivity index (χ1v) is 9.68. The largest absolute Gasteiger partial charge is 0.494 e. The maximum absolute atomic E-state index is 11.4. The highest BCUT2D eigenvalue weighted by Crippen LogP contribution is 2.23. The van der Waals surface area contributed by atoms with Crippen molar-refractivity contribution < 1.29 is 9.53 Å². The Kier molecular flexibility index (Phi) is 6.45. The van der Waals surface area contributed by atoms with E-state index in [0.29, 0.717) is 0 Å². The minimum Gasteiger partial charge on any atom is -0.494 e. The van der Waals surface area contributed by atoms with E-state index in [1.807, 2.05) is 36.4 Å². The average Bonchev–Trinajstić information content (AvgIpc) is 2.67. The number of nitrogens with zero attached hydrogens (tertiary/aromatic N) is 1. The van der Waals surface area contributed by atoms with Gasteiger partial charge in [0.25, 0.3) is 0 Å². The molecule has 0 N–H and O–H groups in total. The summed E-state index contributed by atoms with van der Waals surface area (Å²) in [6.07, 6.45) is 3.73. The molecule has 0 spiro atoms. The topological polar surface area (TPSA) is 29.5 Å². The van der Waals surface area contributed by atoms with Gasteiger partial charge in [-0.15, -0.1) is 0 Å². The second kappa shape index (κ2) is 9.00. The molecule has 0 aromatic heterocycles. The number of rotatable bonds is 7. The van der Waals surface area contributed by atoms with Gasteiger partial charge in [0, 0.05) is 12.1 Å². The first kappa shape index (κ1) is 18.7.